The van der Waals surface area contributed by atoms with E-state index in [1.807, 2.05) is 6.92 Å². The summed E-state index contributed by atoms with van der Waals surface area (Å²) in [5.41, 5.74) is 6.72. The van der Waals surface area contributed by atoms with Crippen LogP contribution in [0.3, 0.4) is 0 Å². The average molecular weight is 364 g/mol. The number of benzene rings is 1. The highest BCUT2D eigenvalue weighted by Crippen LogP contribution is 2.30. The molecule has 0 unspecified atom stereocenters. The zero-order chi connectivity index (χ0) is 16.5. The molecule has 0 heterocycles. The first kappa shape index (κ1) is 21.5. The van der Waals surface area contributed by atoms with E-state index in [4.69, 9.17) is 22.1 Å². The third-order valence-corrected chi connectivity index (χ3v) is 3.44. The van der Waals surface area contributed by atoms with E-state index in [0.29, 0.717) is 35.8 Å². The van der Waals surface area contributed by atoms with Crippen molar-refractivity contribution in [3.8, 4) is 5.75 Å². The second-order valence-electron chi connectivity index (χ2n) is 4.84. The largest absolute Gasteiger partial charge is 0.495 e. The van der Waals surface area contributed by atoms with Crippen LogP contribution in [0.2, 0.25) is 5.02 Å². The van der Waals surface area contributed by atoms with Crippen molar-refractivity contribution in [2.75, 3.05) is 25.5 Å². The molecule has 4 N–H and O–H groups in total. The molecule has 130 valence electrons. The number of methoxy groups -OCH3 is 1. The Bertz CT molecular complexity index is 539. The van der Waals surface area contributed by atoms with E-state index in [-0.39, 0.29) is 37.2 Å². The summed E-state index contributed by atoms with van der Waals surface area (Å²) in [7, 11) is 1.51. The summed E-state index contributed by atoms with van der Waals surface area (Å²) in [5.74, 6) is 0.188. The van der Waals surface area contributed by atoms with Gasteiger partial charge in [0, 0.05) is 30.5 Å². The highest BCUT2D eigenvalue weighted by Gasteiger charge is 2.10. The van der Waals surface area contributed by atoms with Gasteiger partial charge in [-0.05, 0) is 31.5 Å². The molecular formula is C15H23Cl2N3O3. The number of aryl methyl sites for hydroxylation is 1. The number of amides is 2. The van der Waals surface area contributed by atoms with E-state index >= 15 is 0 Å². The van der Waals surface area contributed by atoms with Gasteiger partial charge in [0.15, 0.2) is 0 Å². The number of nitrogens with two attached hydrogens (primary N) is 1. The maximum atomic E-state index is 11.9. The van der Waals surface area contributed by atoms with Crippen LogP contribution in [0.15, 0.2) is 12.1 Å². The van der Waals surface area contributed by atoms with Gasteiger partial charge >= 0.3 is 0 Å². The quantitative estimate of drug-likeness (QED) is 0.660. The monoisotopic (exact) mass is 363 g/mol. The Morgan fingerprint density at radius 2 is 1.96 bits per heavy atom. The fourth-order valence-electron chi connectivity index (χ4n) is 1.81. The van der Waals surface area contributed by atoms with Gasteiger partial charge in [0.1, 0.15) is 5.75 Å². The van der Waals surface area contributed by atoms with Crippen molar-refractivity contribution in [3.05, 3.63) is 22.7 Å². The number of anilines is 1. The van der Waals surface area contributed by atoms with Gasteiger partial charge < -0.3 is 21.1 Å². The lowest BCUT2D eigenvalue weighted by Crippen LogP contribution is -2.27. The van der Waals surface area contributed by atoms with Gasteiger partial charge in [-0.2, -0.15) is 0 Å². The first-order valence-electron chi connectivity index (χ1n) is 7.08. The molecule has 1 aromatic carbocycles. The summed E-state index contributed by atoms with van der Waals surface area (Å²) in [4.78, 5) is 23.3. The predicted molar refractivity (Wildman–Crippen MR) is 94.5 cm³/mol. The molecular weight excluding hydrogens is 341 g/mol. The zero-order valence-corrected chi connectivity index (χ0v) is 14.9. The number of hydrogen-bond donors (Lipinski definition) is 3. The smallest absolute Gasteiger partial charge is 0.226 e. The van der Waals surface area contributed by atoms with E-state index in [2.05, 4.69) is 10.6 Å². The number of ether oxygens (including phenoxy) is 1. The Balaban J connectivity index is 0.00000484. The molecule has 0 aliphatic heterocycles. The third-order valence-electron chi connectivity index (χ3n) is 3.04. The fraction of sp³-hybridized carbons (Fsp3) is 0.467. The van der Waals surface area contributed by atoms with E-state index in [9.17, 15) is 9.59 Å². The maximum Gasteiger partial charge on any atom is 0.226 e. The normalized spacial score (nSPS) is 9.74. The molecule has 0 aromatic heterocycles. The van der Waals surface area contributed by atoms with Crippen molar-refractivity contribution in [3.63, 3.8) is 0 Å². The molecule has 1 rings (SSSR count). The van der Waals surface area contributed by atoms with Crippen molar-refractivity contribution in [1.29, 1.82) is 0 Å². The minimum Gasteiger partial charge on any atom is -0.495 e. The Morgan fingerprint density at radius 1 is 1.26 bits per heavy atom. The lowest BCUT2D eigenvalue weighted by atomic mass is 10.2. The lowest BCUT2D eigenvalue weighted by molar-refractivity contribution is -0.121. The molecule has 1 aromatic rings. The first-order valence-corrected chi connectivity index (χ1v) is 7.46. The molecule has 0 aliphatic rings. The second kappa shape index (κ2) is 11.1. The summed E-state index contributed by atoms with van der Waals surface area (Å²) >= 11 is 6.01. The van der Waals surface area contributed by atoms with Crippen LogP contribution in [-0.2, 0) is 9.59 Å². The topological polar surface area (TPSA) is 93.5 Å². The van der Waals surface area contributed by atoms with Crippen molar-refractivity contribution in [2.24, 2.45) is 5.73 Å². The van der Waals surface area contributed by atoms with Crippen LogP contribution in [0.25, 0.3) is 0 Å². The van der Waals surface area contributed by atoms with Crippen molar-refractivity contribution in [2.45, 2.75) is 26.2 Å². The molecule has 0 atom stereocenters. The summed E-state index contributed by atoms with van der Waals surface area (Å²) < 4.78 is 5.19. The molecule has 6 nitrogen and oxygen atoms in total. The minimum absolute atomic E-state index is 0. The van der Waals surface area contributed by atoms with E-state index in [0.717, 1.165) is 5.56 Å². The molecule has 0 bridgehead atoms. The molecule has 2 amide bonds. The van der Waals surface area contributed by atoms with Crippen LogP contribution < -0.4 is 21.1 Å². The Morgan fingerprint density at radius 3 is 2.57 bits per heavy atom. The molecule has 0 radical (unpaired) electrons. The molecule has 0 saturated carbocycles. The van der Waals surface area contributed by atoms with Gasteiger partial charge in [0.2, 0.25) is 11.8 Å². The van der Waals surface area contributed by atoms with Crippen LogP contribution >= 0.6 is 24.0 Å². The van der Waals surface area contributed by atoms with Crippen LogP contribution in [0.1, 0.15) is 24.8 Å². The number of carbonyl (C=O) groups excluding carboxylic acids is 2. The van der Waals surface area contributed by atoms with Gasteiger partial charge in [-0.3, -0.25) is 9.59 Å². The number of rotatable bonds is 8. The van der Waals surface area contributed by atoms with Crippen LogP contribution in [0.4, 0.5) is 5.69 Å². The fourth-order valence-corrected chi connectivity index (χ4v) is 1.96. The Labute approximate surface area is 147 Å². The van der Waals surface area contributed by atoms with Gasteiger partial charge in [-0.25, -0.2) is 0 Å². The van der Waals surface area contributed by atoms with Crippen molar-refractivity contribution < 1.29 is 14.3 Å². The van der Waals surface area contributed by atoms with Crippen LogP contribution in [-0.4, -0.2) is 32.0 Å². The van der Waals surface area contributed by atoms with Gasteiger partial charge in [0.05, 0.1) is 12.8 Å². The average Bonchev–Trinajstić information content (AvgIpc) is 2.48. The summed E-state index contributed by atoms with van der Waals surface area (Å²) in [6.07, 6.45) is 1.20. The van der Waals surface area contributed by atoms with E-state index < -0.39 is 0 Å². The first-order chi connectivity index (χ1) is 10.5. The Kier molecular flexibility index (Phi) is 10.4. The number of halogens is 2. The molecule has 0 aliphatic carbocycles. The molecule has 0 fully saturated rings. The van der Waals surface area contributed by atoms with E-state index in [1.54, 1.807) is 12.1 Å². The third kappa shape index (κ3) is 7.54. The highest BCUT2D eigenvalue weighted by atomic mass is 35.5. The zero-order valence-electron chi connectivity index (χ0n) is 13.3. The van der Waals surface area contributed by atoms with Gasteiger partial charge in [-0.15, -0.1) is 12.4 Å². The molecule has 23 heavy (non-hydrogen) atoms. The van der Waals surface area contributed by atoms with Gasteiger partial charge in [0.25, 0.3) is 0 Å². The number of nitrogens with one attached hydrogen (secondary N) is 2. The molecule has 8 heteroatoms. The van der Waals surface area contributed by atoms with Crippen molar-refractivity contribution in [1.82, 2.24) is 5.32 Å². The second-order valence-corrected chi connectivity index (χ2v) is 5.25. The van der Waals surface area contributed by atoms with Gasteiger partial charge in [-0.1, -0.05) is 11.6 Å². The van der Waals surface area contributed by atoms with Crippen molar-refractivity contribution >= 4 is 41.5 Å². The summed E-state index contributed by atoms with van der Waals surface area (Å²) in [5, 5.41) is 6.00. The Hall–Kier alpha value is -1.50. The summed E-state index contributed by atoms with van der Waals surface area (Å²) in [6.45, 7) is 2.60. The van der Waals surface area contributed by atoms with E-state index in [1.165, 1.54) is 7.11 Å². The highest BCUT2D eigenvalue weighted by molar-refractivity contribution is 6.31. The maximum absolute atomic E-state index is 11.9. The SMILES string of the molecule is COc1cc(Cl)c(C)cc1NC(=O)CCNC(=O)CCCN.Cl. The number of carbonyl (C=O) groups is 2. The van der Waals surface area contributed by atoms with Crippen LogP contribution in [0, 0.1) is 6.92 Å². The number of hydrogen-bond acceptors (Lipinski definition) is 4. The lowest BCUT2D eigenvalue weighted by Gasteiger charge is -2.12. The molecule has 0 spiro atoms. The minimum atomic E-state index is -0.209. The predicted octanol–water partition coefficient (Wildman–Crippen LogP) is 2.26. The standard InChI is InChI=1S/C15H22ClN3O3.ClH/c1-10-8-12(13(22-2)9-11(10)16)19-15(21)5-7-18-14(20)4-3-6-17;/h8-9H,3-7,17H2,1-2H3,(H,18,20)(H,19,21);1H. The molecule has 0 saturated heterocycles. The van der Waals surface area contributed by atoms with Crippen LogP contribution in [0.5, 0.6) is 5.75 Å². The summed E-state index contributed by atoms with van der Waals surface area (Å²) in [6, 6.07) is 3.40.